The lowest BCUT2D eigenvalue weighted by Crippen LogP contribution is -2.15. The quantitative estimate of drug-likeness (QED) is 0.873. The molecule has 0 saturated heterocycles. The maximum atomic E-state index is 12.3. The average Bonchev–Trinajstić information content (AvgIpc) is 2.44. The van der Waals surface area contributed by atoms with Crippen molar-refractivity contribution >= 4 is 38.9 Å². The second kappa shape index (κ2) is 6.62. The predicted molar refractivity (Wildman–Crippen MR) is 84.3 cm³/mol. The van der Waals surface area contributed by atoms with Crippen LogP contribution in [0, 0.1) is 0 Å². The van der Waals surface area contributed by atoms with Gasteiger partial charge in [-0.3, -0.25) is 4.72 Å². The second-order valence-corrected chi connectivity index (χ2v) is 6.68. The van der Waals surface area contributed by atoms with Gasteiger partial charge in [-0.2, -0.15) is 8.42 Å². The zero-order valence-electron chi connectivity index (χ0n) is 11.1. The van der Waals surface area contributed by atoms with Crippen molar-refractivity contribution in [2.75, 3.05) is 11.8 Å². The van der Waals surface area contributed by atoms with Crippen molar-refractivity contribution in [3.63, 3.8) is 0 Å². The van der Waals surface area contributed by atoms with Crippen LogP contribution in [0.3, 0.4) is 0 Å². The molecule has 0 radical (unpaired) electrons. The van der Waals surface area contributed by atoms with Crippen LogP contribution < -0.4 is 10.0 Å². The summed E-state index contributed by atoms with van der Waals surface area (Å²) in [6, 6.07) is 7.85. The summed E-state index contributed by atoms with van der Waals surface area (Å²) in [6.45, 7) is 0.608. The van der Waals surface area contributed by atoms with Gasteiger partial charge in [0.15, 0.2) is 5.03 Å². The maximum Gasteiger partial charge on any atom is 0.279 e. The summed E-state index contributed by atoms with van der Waals surface area (Å²) < 4.78 is 26.9. The third-order valence-corrected chi connectivity index (χ3v) is 4.55. The monoisotopic (exact) mass is 345 g/mol. The van der Waals surface area contributed by atoms with Crippen LogP contribution in [0.25, 0.3) is 0 Å². The normalized spacial score (nSPS) is 11.4. The summed E-state index contributed by atoms with van der Waals surface area (Å²) in [6.07, 6.45) is 1.50. The van der Waals surface area contributed by atoms with Crippen molar-refractivity contribution in [2.24, 2.45) is 0 Å². The van der Waals surface area contributed by atoms with Gasteiger partial charge in [0.2, 0.25) is 0 Å². The molecule has 0 aliphatic rings. The minimum atomic E-state index is -3.84. The zero-order valence-corrected chi connectivity index (χ0v) is 13.4. The molecule has 0 saturated carbocycles. The van der Waals surface area contributed by atoms with E-state index in [4.69, 9.17) is 23.2 Å². The van der Waals surface area contributed by atoms with Gasteiger partial charge < -0.3 is 5.32 Å². The summed E-state index contributed by atoms with van der Waals surface area (Å²) in [5, 5.41) is 3.30. The van der Waals surface area contributed by atoms with E-state index in [1.54, 1.807) is 31.3 Å². The summed E-state index contributed by atoms with van der Waals surface area (Å²) in [5.74, 6) is 0. The molecule has 2 N–H and O–H groups in total. The Morgan fingerprint density at radius 1 is 1.14 bits per heavy atom. The van der Waals surface area contributed by atoms with Crippen LogP contribution in [0.15, 0.2) is 41.6 Å². The average molecular weight is 346 g/mol. The number of hydrogen-bond donors (Lipinski definition) is 2. The number of anilines is 1. The zero-order chi connectivity index (χ0) is 15.5. The van der Waals surface area contributed by atoms with Crippen molar-refractivity contribution in [1.82, 2.24) is 10.3 Å². The molecule has 1 aromatic carbocycles. The number of pyridine rings is 1. The smallest absolute Gasteiger partial charge is 0.279 e. The van der Waals surface area contributed by atoms with Gasteiger partial charge in [0.05, 0.1) is 15.7 Å². The molecule has 112 valence electrons. The molecule has 2 aromatic rings. The van der Waals surface area contributed by atoms with Crippen molar-refractivity contribution in [1.29, 1.82) is 0 Å². The lowest BCUT2D eigenvalue weighted by Gasteiger charge is -2.11. The molecule has 0 atom stereocenters. The van der Waals surface area contributed by atoms with Crippen LogP contribution in [0.1, 0.15) is 5.56 Å². The van der Waals surface area contributed by atoms with E-state index in [-0.39, 0.29) is 20.8 Å². The molecule has 0 aliphatic heterocycles. The topological polar surface area (TPSA) is 71.1 Å². The summed E-state index contributed by atoms with van der Waals surface area (Å²) >= 11 is 11.9. The van der Waals surface area contributed by atoms with Gasteiger partial charge in [0.1, 0.15) is 0 Å². The Bertz CT molecular complexity index is 713. The molecular weight excluding hydrogens is 333 g/mol. The van der Waals surface area contributed by atoms with Gasteiger partial charge in [-0.05, 0) is 30.8 Å². The molecule has 0 aliphatic carbocycles. The summed E-state index contributed by atoms with van der Waals surface area (Å²) in [5.41, 5.74) is 1.02. The van der Waals surface area contributed by atoms with E-state index in [0.717, 1.165) is 5.56 Å². The molecule has 0 spiro atoms. The Balaban J connectivity index is 2.30. The minimum absolute atomic E-state index is 0.0988. The molecule has 2 rings (SSSR count). The van der Waals surface area contributed by atoms with Crippen molar-refractivity contribution in [3.8, 4) is 0 Å². The molecule has 0 fully saturated rings. The van der Waals surface area contributed by atoms with Gasteiger partial charge in [-0.15, -0.1) is 0 Å². The molecule has 1 aromatic heterocycles. The number of benzene rings is 1. The van der Waals surface area contributed by atoms with E-state index in [1.807, 2.05) is 0 Å². The van der Waals surface area contributed by atoms with Gasteiger partial charge >= 0.3 is 0 Å². The fourth-order valence-corrected chi connectivity index (χ4v) is 3.30. The van der Waals surface area contributed by atoms with E-state index in [2.05, 4.69) is 15.0 Å². The first-order chi connectivity index (χ1) is 9.94. The van der Waals surface area contributed by atoms with Crippen molar-refractivity contribution in [2.45, 2.75) is 11.6 Å². The molecule has 21 heavy (non-hydrogen) atoms. The van der Waals surface area contributed by atoms with E-state index in [0.29, 0.717) is 6.54 Å². The van der Waals surface area contributed by atoms with Crippen LogP contribution >= 0.6 is 23.2 Å². The van der Waals surface area contributed by atoms with Crippen LogP contribution in [-0.4, -0.2) is 20.4 Å². The highest BCUT2D eigenvalue weighted by atomic mass is 35.5. The highest BCUT2D eigenvalue weighted by Gasteiger charge is 2.18. The Morgan fingerprint density at radius 3 is 2.33 bits per heavy atom. The number of nitrogens with zero attached hydrogens (tertiary/aromatic N) is 1. The van der Waals surface area contributed by atoms with E-state index < -0.39 is 10.0 Å². The van der Waals surface area contributed by atoms with E-state index in [9.17, 15) is 8.42 Å². The first kappa shape index (κ1) is 16.0. The molecule has 8 heteroatoms. The largest absolute Gasteiger partial charge is 0.316 e. The molecular formula is C13H13Cl2N3O2S. The third-order valence-electron chi connectivity index (χ3n) is 2.65. The second-order valence-electron chi connectivity index (χ2n) is 4.24. The first-order valence-corrected chi connectivity index (χ1v) is 8.24. The molecule has 5 nitrogen and oxygen atoms in total. The van der Waals surface area contributed by atoms with E-state index in [1.165, 1.54) is 12.3 Å². The highest BCUT2D eigenvalue weighted by Crippen LogP contribution is 2.31. The van der Waals surface area contributed by atoms with Gasteiger partial charge in [-0.1, -0.05) is 35.3 Å². The summed E-state index contributed by atoms with van der Waals surface area (Å²) in [7, 11) is -2.04. The van der Waals surface area contributed by atoms with Crippen molar-refractivity contribution in [3.05, 3.63) is 52.1 Å². The number of sulfonamides is 1. The fourth-order valence-electron chi connectivity index (χ4n) is 1.66. The van der Waals surface area contributed by atoms with Gasteiger partial charge in [-0.25, -0.2) is 4.98 Å². The van der Waals surface area contributed by atoms with Crippen LogP contribution in [0.4, 0.5) is 5.69 Å². The molecule has 0 unspecified atom stereocenters. The molecule has 1 heterocycles. The van der Waals surface area contributed by atoms with Gasteiger partial charge in [0.25, 0.3) is 10.0 Å². The van der Waals surface area contributed by atoms with E-state index >= 15 is 0 Å². The lowest BCUT2D eigenvalue weighted by atomic mass is 10.3. The molecule has 0 bridgehead atoms. The minimum Gasteiger partial charge on any atom is -0.316 e. The Labute approximate surface area is 133 Å². The van der Waals surface area contributed by atoms with Crippen LogP contribution in [-0.2, 0) is 16.6 Å². The number of halogens is 2. The SMILES string of the molecule is CNCc1ccc(S(=O)(=O)Nc2c(Cl)cccc2Cl)nc1. The summed E-state index contributed by atoms with van der Waals surface area (Å²) in [4.78, 5) is 3.95. The lowest BCUT2D eigenvalue weighted by molar-refractivity contribution is 0.597. The maximum absolute atomic E-state index is 12.3. The fraction of sp³-hybridized carbons (Fsp3) is 0.154. The standard InChI is InChI=1S/C13H13Cl2N3O2S/c1-16-7-9-5-6-12(17-8-9)21(19,20)18-13-10(14)3-2-4-11(13)15/h2-6,8,16,18H,7H2,1H3. The Hall–Kier alpha value is -1.34. The number of aromatic nitrogens is 1. The Morgan fingerprint density at radius 2 is 1.81 bits per heavy atom. The third kappa shape index (κ3) is 3.85. The first-order valence-electron chi connectivity index (χ1n) is 6.00. The number of nitrogens with one attached hydrogen (secondary N) is 2. The van der Waals surface area contributed by atoms with Crippen molar-refractivity contribution < 1.29 is 8.42 Å². The predicted octanol–water partition coefficient (Wildman–Crippen LogP) is 2.91. The highest BCUT2D eigenvalue weighted by molar-refractivity contribution is 7.92. The number of rotatable bonds is 5. The van der Waals surface area contributed by atoms with Crippen LogP contribution in [0.5, 0.6) is 0 Å². The number of para-hydroxylation sites is 1. The molecule has 0 amide bonds. The van der Waals surface area contributed by atoms with Crippen LogP contribution in [0.2, 0.25) is 10.0 Å². The number of hydrogen-bond acceptors (Lipinski definition) is 4. The Kier molecular flexibility index (Phi) is 5.05. The van der Waals surface area contributed by atoms with Gasteiger partial charge in [0, 0.05) is 12.7 Å².